The van der Waals surface area contributed by atoms with Gasteiger partial charge in [-0.05, 0) is 32.6 Å². The van der Waals surface area contributed by atoms with Crippen molar-refractivity contribution in [2.24, 2.45) is 5.92 Å². The maximum absolute atomic E-state index is 15.4. The number of nitrogens with one attached hydrogen (secondary N) is 1. The number of hydrogen-bond donors (Lipinski definition) is 1. The lowest BCUT2D eigenvalue weighted by Crippen LogP contribution is -3.11. The molecule has 0 amide bonds. The zero-order chi connectivity index (χ0) is 45.3. The number of hydrogen-bond acceptors (Lipinski definition) is 0. The van der Waals surface area contributed by atoms with Gasteiger partial charge in [0.2, 0.25) is 0 Å². The van der Waals surface area contributed by atoms with Crippen LogP contribution in [0.2, 0.25) is 0 Å². The van der Waals surface area contributed by atoms with Gasteiger partial charge >= 0.3 is 0 Å². The van der Waals surface area contributed by atoms with Crippen molar-refractivity contribution in [3.63, 3.8) is 0 Å². The third-order valence-corrected chi connectivity index (χ3v) is 10.8. The van der Waals surface area contributed by atoms with Crippen LogP contribution >= 0.6 is 0 Å². The summed E-state index contributed by atoms with van der Waals surface area (Å²) in [6, 6.07) is 0. The second kappa shape index (κ2) is 19.0. The minimum absolute atomic E-state index is 1.09. The Bertz CT molecular complexity index is 1870. The topological polar surface area (TPSA) is 4.44 Å². The highest BCUT2D eigenvalue weighted by Crippen LogP contribution is 2.31. The maximum Gasteiger partial charge on any atom is 0.200 e. The van der Waals surface area contributed by atoms with Crippen molar-refractivity contribution in [3.8, 4) is 0 Å². The molecule has 4 aromatic carbocycles. The molecule has 5 rings (SSSR count). The van der Waals surface area contributed by atoms with Crippen LogP contribution < -0.4 is 26.8 Å². The quantitative estimate of drug-likeness (QED) is 0.0507. The van der Waals surface area contributed by atoms with E-state index in [9.17, 15) is 52.7 Å². The third-order valence-electron chi connectivity index (χ3n) is 10.8. The van der Waals surface area contributed by atoms with E-state index in [4.69, 9.17) is 0 Å². The van der Waals surface area contributed by atoms with Gasteiger partial charge in [0, 0.05) is 0 Å². The molecular formula is C38H30BF20N. The fraction of sp³-hybridized carbons (Fsp3) is 0.368. The molecule has 0 unspecified atom stereocenters. The van der Waals surface area contributed by atoms with E-state index in [1.54, 1.807) is 4.90 Å². The van der Waals surface area contributed by atoms with E-state index in [1.807, 2.05) is 0 Å². The van der Waals surface area contributed by atoms with Gasteiger partial charge in [-0.2, -0.15) is 0 Å². The van der Waals surface area contributed by atoms with E-state index >= 15 is 35.1 Å². The average molecular weight is 891 g/mol. The monoisotopic (exact) mass is 891 g/mol. The molecule has 1 aliphatic rings. The molecule has 0 bridgehead atoms. The van der Waals surface area contributed by atoms with E-state index in [0.717, 1.165) is 5.92 Å². The largest absolute Gasteiger partial charge is 0.335 e. The van der Waals surface area contributed by atoms with E-state index in [-0.39, 0.29) is 0 Å². The molecule has 0 atom stereocenters. The van der Waals surface area contributed by atoms with Crippen molar-refractivity contribution in [3.05, 3.63) is 116 Å². The van der Waals surface area contributed by atoms with Crippen molar-refractivity contribution in [1.82, 2.24) is 0 Å². The lowest BCUT2D eigenvalue weighted by molar-refractivity contribution is -0.896. The van der Waals surface area contributed by atoms with Crippen LogP contribution in [0, 0.1) is 122 Å². The Hall–Kier alpha value is -4.50. The predicted molar refractivity (Wildman–Crippen MR) is 177 cm³/mol. The van der Waals surface area contributed by atoms with Crippen molar-refractivity contribution < 1.29 is 92.7 Å². The van der Waals surface area contributed by atoms with Crippen molar-refractivity contribution in [2.45, 2.75) is 65.2 Å². The lowest BCUT2D eigenvalue weighted by Gasteiger charge is -2.44. The van der Waals surface area contributed by atoms with Gasteiger partial charge in [0.05, 0.1) is 19.6 Å². The molecule has 1 saturated carbocycles. The van der Waals surface area contributed by atoms with Crippen LogP contribution in [0.3, 0.4) is 0 Å². The first-order valence-corrected chi connectivity index (χ1v) is 18.1. The third kappa shape index (κ3) is 8.15. The molecule has 22 heteroatoms. The summed E-state index contributed by atoms with van der Waals surface area (Å²) in [4.78, 5) is 1.78. The zero-order valence-corrected chi connectivity index (χ0v) is 31.0. The number of rotatable bonds is 11. The molecule has 330 valence electrons. The molecule has 1 fully saturated rings. The fourth-order valence-electron chi connectivity index (χ4n) is 7.76. The van der Waals surface area contributed by atoms with Gasteiger partial charge in [-0.3, -0.25) is 0 Å². The summed E-state index contributed by atoms with van der Waals surface area (Å²) in [6.07, 6.45) is 4.79. The summed E-state index contributed by atoms with van der Waals surface area (Å²) >= 11 is 0. The van der Waals surface area contributed by atoms with Gasteiger partial charge < -0.3 is 4.90 Å². The standard InChI is InChI=1S/C24BF20.C14H29N/c26-5-1(6(27)14(35)21(42)13(5)34)25(2-7(28)15(36)22(43)16(37)8(2)29,3-9(30)17(38)23(44)18(39)10(3)31)4-11(32)19(40)24(45)20(41)12(4)33;1-3-15(4-2)13-9-8-12-14-10-6-5-7-11-14/h;14H,3-13H2,1-2H3/q-1;/p+1. The van der Waals surface area contributed by atoms with Crippen LogP contribution in [-0.2, 0) is 0 Å². The van der Waals surface area contributed by atoms with Crippen LogP contribution in [0.5, 0.6) is 0 Å². The Labute approximate surface area is 327 Å². The Morgan fingerprint density at radius 1 is 0.350 bits per heavy atom. The lowest BCUT2D eigenvalue weighted by atomic mass is 9.12. The highest BCUT2D eigenvalue weighted by atomic mass is 19.2. The van der Waals surface area contributed by atoms with Gasteiger partial charge in [0.15, 0.2) is 69.8 Å². The van der Waals surface area contributed by atoms with Crippen molar-refractivity contribution in [2.75, 3.05) is 19.6 Å². The Kier molecular flexibility index (Phi) is 15.3. The minimum Gasteiger partial charge on any atom is -0.335 e. The Balaban J connectivity index is 0.000000445. The van der Waals surface area contributed by atoms with Crippen molar-refractivity contribution >= 4 is 28.0 Å². The number of unbranched alkanes of at least 4 members (excludes halogenated alkanes) is 1. The number of halogens is 20. The van der Waals surface area contributed by atoms with E-state index < -0.39 is 144 Å². The molecular weight excluding hydrogens is 861 g/mol. The van der Waals surface area contributed by atoms with E-state index in [0.29, 0.717) is 0 Å². The molecule has 0 aromatic heterocycles. The molecule has 0 heterocycles. The minimum atomic E-state index is -7.22. The summed E-state index contributed by atoms with van der Waals surface area (Å²) in [5.41, 5.74) is -14.3. The summed E-state index contributed by atoms with van der Waals surface area (Å²) in [5, 5.41) is 0. The predicted octanol–water partition coefficient (Wildman–Crippen LogP) is 8.51. The summed E-state index contributed by atoms with van der Waals surface area (Å²) in [5.74, 6) is -70.3. The summed E-state index contributed by atoms with van der Waals surface area (Å²) < 4.78 is 294. The van der Waals surface area contributed by atoms with Crippen LogP contribution in [0.4, 0.5) is 87.8 Å². The normalized spacial score (nSPS) is 13.7. The van der Waals surface area contributed by atoms with Crippen LogP contribution in [-0.4, -0.2) is 25.8 Å². The molecule has 0 aliphatic heterocycles. The molecule has 60 heavy (non-hydrogen) atoms. The smallest absolute Gasteiger partial charge is 0.200 e. The van der Waals surface area contributed by atoms with Crippen LogP contribution in [0.15, 0.2) is 0 Å². The molecule has 1 nitrogen and oxygen atoms in total. The molecule has 4 aromatic rings. The van der Waals surface area contributed by atoms with E-state index in [1.165, 1.54) is 71.0 Å². The first-order valence-electron chi connectivity index (χ1n) is 18.1. The molecule has 0 spiro atoms. The Morgan fingerprint density at radius 3 is 0.817 bits per heavy atom. The van der Waals surface area contributed by atoms with Gasteiger partial charge in [-0.1, -0.05) is 38.5 Å². The highest BCUT2D eigenvalue weighted by molar-refractivity contribution is 7.20. The zero-order valence-electron chi connectivity index (χ0n) is 31.0. The van der Waals surface area contributed by atoms with Crippen LogP contribution in [0.25, 0.3) is 0 Å². The second-order valence-electron chi connectivity index (χ2n) is 14.0. The molecule has 0 saturated heterocycles. The SMILES string of the molecule is CC[NH+](CC)CCCCC1CCCCC1.Fc1c(F)c(F)c([B-](c2c(F)c(F)c(F)c(F)c2F)(c2c(F)c(F)c(F)c(F)c2F)c2c(F)c(F)c(F)c(F)c2F)c(F)c1F. The Morgan fingerprint density at radius 2 is 0.583 bits per heavy atom. The first-order chi connectivity index (χ1) is 28.1. The summed E-state index contributed by atoms with van der Waals surface area (Å²) in [7, 11) is 0. The average Bonchev–Trinajstić information content (AvgIpc) is 3.24. The van der Waals surface area contributed by atoms with Gasteiger partial charge in [0.25, 0.3) is 0 Å². The molecule has 1 aliphatic carbocycles. The number of quaternary nitrogens is 1. The number of benzene rings is 4. The van der Waals surface area contributed by atoms with Gasteiger partial charge in [-0.15, -0.1) is 21.9 Å². The van der Waals surface area contributed by atoms with Gasteiger partial charge in [-0.25, -0.2) is 87.8 Å². The first kappa shape index (κ1) is 48.2. The van der Waals surface area contributed by atoms with Crippen LogP contribution in [0.1, 0.15) is 65.2 Å². The fourth-order valence-corrected chi connectivity index (χ4v) is 7.76. The van der Waals surface area contributed by atoms with Crippen molar-refractivity contribution in [1.29, 1.82) is 0 Å². The second-order valence-corrected chi connectivity index (χ2v) is 14.0. The summed E-state index contributed by atoms with van der Waals surface area (Å²) in [6.45, 7) is 8.62. The highest BCUT2D eigenvalue weighted by Gasteiger charge is 2.52. The van der Waals surface area contributed by atoms with E-state index in [2.05, 4.69) is 13.8 Å². The maximum atomic E-state index is 15.4. The molecule has 1 N–H and O–H groups in total. The van der Waals surface area contributed by atoms with Gasteiger partial charge in [0.1, 0.15) is 52.7 Å². The molecule has 0 radical (unpaired) electrons.